The Kier molecular flexibility index (Phi) is 4.43. The Hall–Kier alpha value is -3.34. The second-order valence-corrected chi connectivity index (χ2v) is 5.15. The van der Waals surface area contributed by atoms with Gasteiger partial charge in [0.25, 0.3) is 5.91 Å². The van der Waals surface area contributed by atoms with Gasteiger partial charge in [0.1, 0.15) is 11.5 Å². The molecule has 0 spiro atoms. The van der Waals surface area contributed by atoms with Gasteiger partial charge in [0, 0.05) is 11.1 Å². The standard InChI is InChI=1S/C19H16N2O3/c1-24-15-7-4-6-14(11-15)19(23)21-20-12-17-16-8-3-2-5-13(16)9-10-18(17)22/h2-12,22H,1H3,(H,21,23)/b20-12+. The Bertz CT molecular complexity index is 919. The molecular weight excluding hydrogens is 304 g/mol. The van der Waals surface area contributed by atoms with Crippen molar-refractivity contribution in [3.8, 4) is 11.5 Å². The molecule has 24 heavy (non-hydrogen) atoms. The minimum atomic E-state index is -0.357. The number of carbonyl (C=O) groups is 1. The van der Waals surface area contributed by atoms with E-state index >= 15 is 0 Å². The lowest BCUT2D eigenvalue weighted by atomic mass is 10.0. The molecule has 5 heteroatoms. The fourth-order valence-electron chi connectivity index (χ4n) is 2.40. The highest BCUT2D eigenvalue weighted by molar-refractivity contribution is 6.03. The molecule has 0 atom stereocenters. The lowest BCUT2D eigenvalue weighted by molar-refractivity contribution is 0.0954. The smallest absolute Gasteiger partial charge is 0.271 e. The number of carbonyl (C=O) groups excluding carboxylic acids is 1. The molecule has 0 saturated heterocycles. The first-order valence-corrected chi connectivity index (χ1v) is 7.37. The SMILES string of the molecule is COc1cccc(C(=O)N/N=C/c2c(O)ccc3ccccc23)c1. The van der Waals surface area contributed by atoms with E-state index in [9.17, 15) is 9.90 Å². The zero-order valence-corrected chi connectivity index (χ0v) is 13.1. The number of methoxy groups -OCH3 is 1. The van der Waals surface area contributed by atoms with Gasteiger partial charge in [0.05, 0.1) is 13.3 Å². The van der Waals surface area contributed by atoms with E-state index in [1.165, 1.54) is 6.21 Å². The molecule has 0 aromatic heterocycles. The molecule has 0 unspecified atom stereocenters. The quantitative estimate of drug-likeness (QED) is 0.572. The van der Waals surface area contributed by atoms with Crippen molar-refractivity contribution in [2.24, 2.45) is 5.10 Å². The lowest BCUT2D eigenvalue weighted by Gasteiger charge is -2.05. The molecule has 0 aliphatic heterocycles. The number of ether oxygens (including phenoxy) is 1. The van der Waals surface area contributed by atoms with Crippen LogP contribution in [0.4, 0.5) is 0 Å². The molecule has 3 rings (SSSR count). The number of phenolic OH excluding ortho intramolecular Hbond substituents is 1. The topological polar surface area (TPSA) is 70.9 Å². The number of rotatable bonds is 4. The van der Waals surface area contributed by atoms with Crippen LogP contribution in [0.1, 0.15) is 15.9 Å². The van der Waals surface area contributed by atoms with Crippen molar-refractivity contribution in [1.82, 2.24) is 5.43 Å². The number of nitrogens with zero attached hydrogens (tertiary/aromatic N) is 1. The summed E-state index contributed by atoms with van der Waals surface area (Å²) >= 11 is 0. The molecule has 0 heterocycles. The van der Waals surface area contributed by atoms with E-state index in [0.29, 0.717) is 16.9 Å². The highest BCUT2D eigenvalue weighted by atomic mass is 16.5. The van der Waals surface area contributed by atoms with Crippen LogP contribution in [0.15, 0.2) is 65.8 Å². The molecule has 3 aromatic carbocycles. The van der Waals surface area contributed by atoms with Gasteiger partial charge >= 0.3 is 0 Å². The van der Waals surface area contributed by atoms with Gasteiger partial charge in [-0.3, -0.25) is 4.79 Å². The van der Waals surface area contributed by atoms with Gasteiger partial charge in [-0.15, -0.1) is 0 Å². The fourth-order valence-corrected chi connectivity index (χ4v) is 2.40. The number of hydrogen-bond donors (Lipinski definition) is 2. The van der Waals surface area contributed by atoms with Gasteiger partial charge in [0.2, 0.25) is 0 Å². The van der Waals surface area contributed by atoms with Crippen molar-refractivity contribution >= 4 is 22.9 Å². The normalized spacial score (nSPS) is 10.9. The summed E-state index contributed by atoms with van der Waals surface area (Å²) in [7, 11) is 1.54. The minimum Gasteiger partial charge on any atom is -0.507 e. The summed E-state index contributed by atoms with van der Waals surface area (Å²) in [6.07, 6.45) is 1.44. The van der Waals surface area contributed by atoms with Gasteiger partial charge in [-0.1, -0.05) is 36.4 Å². The Morgan fingerprint density at radius 3 is 2.79 bits per heavy atom. The van der Waals surface area contributed by atoms with Crippen molar-refractivity contribution in [1.29, 1.82) is 0 Å². The third kappa shape index (κ3) is 3.20. The second-order valence-electron chi connectivity index (χ2n) is 5.15. The molecule has 0 fully saturated rings. The first-order chi connectivity index (χ1) is 11.7. The predicted molar refractivity (Wildman–Crippen MR) is 93.7 cm³/mol. The number of hydrazone groups is 1. The van der Waals surface area contributed by atoms with Gasteiger partial charge in [-0.25, -0.2) is 5.43 Å². The number of nitrogens with one attached hydrogen (secondary N) is 1. The molecular formula is C19H16N2O3. The highest BCUT2D eigenvalue weighted by Crippen LogP contribution is 2.25. The minimum absolute atomic E-state index is 0.105. The average molecular weight is 320 g/mol. The molecule has 3 aromatic rings. The number of phenols is 1. The fraction of sp³-hybridized carbons (Fsp3) is 0.0526. The third-order valence-electron chi connectivity index (χ3n) is 3.64. The molecule has 1 amide bonds. The number of aromatic hydroxyl groups is 1. The monoisotopic (exact) mass is 320 g/mol. The van der Waals surface area contributed by atoms with E-state index in [4.69, 9.17) is 4.74 Å². The van der Waals surface area contributed by atoms with Crippen LogP contribution in [0.3, 0.4) is 0 Å². The van der Waals surface area contributed by atoms with Crippen molar-refractivity contribution in [2.75, 3.05) is 7.11 Å². The third-order valence-corrected chi connectivity index (χ3v) is 3.64. The summed E-state index contributed by atoms with van der Waals surface area (Å²) in [5.41, 5.74) is 3.45. The van der Waals surface area contributed by atoms with Crippen molar-refractivity contribution in [2.45, 2.75) is 0 Å². The molecule has 0 bridgehead atoms. The number of fused-ring (bicyclic) bond motifs is 1. The van der Waals surface area contributed by atoms with Crippen molar-refractivity contribution in [3.63, 3.8) is 0 Å². The van der Waals surface area contributed by atoms with E-state index in [1.807, 2.05) is 30.3 Å². The Balaban J connectivity index is 1.81. The van der Waals surface area contributed by atoms with Gasteiger partial charge < -0.3 is 9.84 Å². The summed E-state index contributed by atoms with van der Waals surface area (Å²) in [4.78, 5) is 12.1. The Morgan fingerprint density at radius 1 is 1.12 bits per heavy atom. The van der Waals surface area contributed by atoms with E-state index in [0.717, 1.165) is 10.8 Å². The van der Waals surface area contributed by atoms with Crippen LogP contribution in [0.25, 0.3) is 10.8 Å². The van der Waals surface area contributed by atoms with E-state index < -0.39 is 0 Å². The lowest BCUT2D eigenvalue weighted by Crippen LogP contribution is -2.17. The van der Waals surface area contributed by atoms with Gasteiger partial charge in [-0.2, -0.15) is 5.10 Å². The molecule has 0 aliphatic rings. The largest absolute Gasteiger partial charge is 0.507 e. The van der Waals surface area contributed by atoms with Gasteiger partial charge in [-0.05, 0) is 35.0 Å². The van der Waals surface area contributed by atoms with E-state index in [-0.39, 0.29) is 11.7 Å². The number of amides is 1. The molecule has 120 valence electrons. The maximum Gasteiger partial charge on any atom is 0.271 e. The Labute approximate surface area is 139 Å². The molecule has 5 nitrogen and oxygen atoms in total. The first-order valence-electron chi connectivity index (χ1n) is 7.37. The molecule has 0 aliphatic carbocycles. The highest BCUT2D eigenvalue weighted by Gasteiger charge is 2.07. The molecule has 0 radical (unpaired) electrons. The van der Waals surface area contributed by atoms with Crippen LogP contribution in [0, 0.1) is 0 Å². The van der Waals surface area contributed by atoms with Gasteiger partial charge in [0.15, 0.2) is 0 Å². The maximum atomic E-state index is 12.1. The van der Waals surface area contributed by atoms with E-state index in [1.54, 1.807) is 37.4 Å². The van der Waals surface area contributed by atoms with Crippen LogP contribution in [-0.4, -0.2) is 24.3 Å². The summed E-state index contributed by atoms with van der Waals surface area (Å²) in [5, 5.41) is 15.8. The zero-order valence-electron chi connectivity index (χ0n) is 13.1. The number of hydrogen-bond acceptors (Lipinski definition) is 4. The molecule has 2 N–H and O–H groups in total. The second kappa shape index (κ2) is 6.83. The summed E-state index contributed by atoms with van der Waals surface area (Å²) in [5.74, 6) is 0.344. The van der Waals surface area contributed by atoms with Crippen LogP contribution in [-0.2, 0) is 0 Å². The van der Waals surface area contributed by atoms with Crippen LogP contribution >= 0.6 is 0 Å². The Morgan fingerprint density at radius 2 is 1.96 bits per heavy atom. The number of benzene rings is 3. The first kappa shape index (κ1) is 15.6. The average Bonchev–Trinajstić information content (AvgIpc) is 2.63. The van der Waals surface area contributed by atoms with Crippen LogP contribution in [0.2, 0.25) is 0 Å². The summed E-state index contributed by atoms with van der Waals surface area (Å²) in [6.45, 7) is 0. The van der Waals surface area contributed by atoms with E-state index in [2.05, 4.69) is 10.5 Å². The van der Waals surface area contributed by atoms with Crippen molar-refractivity contribution < 1.29 is 14.6 Å². The maximum absolute atomic E-state index is 12.1. The van der Waals surface area contributed by atoms with Crippen LogP contribution < -0.4 is 10.2 Å². The molecule has 0 saturated carbocycles. The van der Waals surface area contributed by atoms with Crippen LogP contribution in [0.5, 0.6) is 11.5 Å². The van der Waals surface area contributed by atoms with Crippen molar-refractivity contribution in [3.05, 3.63) is 71.8 Å². The predicted octanol–water partition coefficient (Wildman–Crippen LogP) is 3.32. The summed E-state index contributed by atoms with van der Waals surface area (Å²) in [6, 6.07) is 17.9. The summed E-state index contributed by atoms with van der Waals surface area (Å²) < 4.78 is 5.09. The zero-order chi connectivity index (χ0) is 16.9.